The van der Waals surface area contributed by atoms with E-state index >= 15 is 0 Å². The lowest BCUT2D eigenvalue weighted by Gasteiger charge is -2.29. The molecule has 0 radical (unpaired) electrons. The smallest absolute Gasteiger partial charge is 0.224 e. The van der Waals surface area contributed by atoms with Gasteiger partial charge in [-0.15, -0.1) is 0 Å². The summed E-state index contributed by atoms with van der Waals surface area (Å²) >= 11 is 6.22. The van der Waals surface area contributed by atoms with Gasteiger partial charge in [0.1, 0.15) is 23.0 Å². The van der Waals surface area contributed by atoms with E-state index in [1.165, 1.54) is 31.0 Å². The molecule has 2 unspecified atom stereocenters. The van der Waals surface area contributed by atoms with Crippen LogP contribution in [-0.2, 0) is 52.6 Å². The summed E-state index contributed by atoms with van der Waals surface area (Å²) in [4.78, 5) is 94.4. The van der Waals surface area contributed by atoms with Crippen molar-refractivity contribution in [2.75, 3.05) is 19.8 Å². The van der Waals surface area contributed by atoms with Crippen LogP contribution in [0.5, 0.6) is 5.75 Å². The number of amides is 4. The molecule has 0 aliphatic carbocycles. The molecule has 5 aromatic rings. The Bertz CT molecular complexity index is 2660. The third-order valence-corrected chi connectivity index (χ3v) is 15.0. The summed E-state index contributed by atoms with van der Waals surface area (Å²) in [5, 5.41) is 22.9. The lowest BCUT2D eigenvalue weighted by atomic mass is 9.94. The first-order valence-electron chi connectivity index (χ1n) is 23.0. The number of aromatic hydroxyl groups is 1. The second kappa shape index (κ2) is 23.7. The van der Waals surface area contributed by atoms with E-state index in [0.29, 0.717) is 46.8 Å². The van der Waals surface area contributed by atoms with Gasteiger partial charge in [-0.3, -0.25) is 33.3 Å². The van der Waals surface area contributed by atoms with Crippen LogP contribution in [0.25, 0.3) is 22.4 Å². The molecule has 364 valence electrons. The molecule has 5 N–H and O–H groups in total. The van der Waals surface area contributed by atoms with Crippen LogP contribution in [0, 0.1) is 17.8 Å². The molecule has 69 heavy (non-hydrogen) atoms. The van der Waals surface area contributed by atoms with Gasteiger partial charge in [-0.05, 0) is 65.8 Å². The van der Waals surface area contributed by atoms with Crippen molar-refractivity contribution in [2.24, 2.45) is 17.8 Å². The van der Waals surface area contributed by atoms with Gasteiger partial charge >= 0.3 is 0 Å². The van der Waals surface area contributed by atoms with Crippen molar-refractivity contribution in [1.82, 2.24) is 26.0 Å². The molecule has 4 amide bonds. The van der Waals surface area contributed by atoms with Crippen molar-refractivity contribution in [2.45, 2.75) is 83.6 Å². The molecule has 1 fully saturated rings. The molecule has 0 spiro atoms. The molecule has 7 atom stereocenters. The fourth-order valence-corrected chi connectivity index (χ4v) is 10.8. The highest BCUT2D eigenvalue weighted by molar-refractivity contribution is 7.58. The summed E-state index contributed by atoms with van der Waals surface area (Å²) in [7, 11) is -3.17. The zero-order valence-corrected chi connectivity index (χ0v) is 40.8. The van der Waals surface area contributed by atoms with E-state index in [4.69, 9.17) is 16.1 Å². The Morgan fingerprint density at radius 1 is 0.783 bits per heavy atom. The molecule has 15 nitrogen and oxygen atoms in total. The Labute approximate surface area is 406 Å². The van der Waals surface area contributed by atoms with Crippen LogP contribution in [0.2, 0.25) is 5.02 Å². The molecule has 1 aromatic heterocycles. The number of halogens is 1. The van der Waals surface area contributed by atoms with E-state index in [9.17, 15) is 43.3 Å². The fraction of sp³-hybridized carbons (Fsp3) is 0.365. The first kappa shape index (κ1) is 52.0. The van der Waals surface area contributed by atoms with Crippen LogP contribution in [0.1, 0.15) is 63.3 Å². The summed E-state index contributed by atoms with van der Waals surface area (Å²) in [5.41, 5.74) is 4.15. The zero-order valence-electron chi connectivity index (χ0n) is 39.1. The number of hydrogen-bond donors (Lipinski definition) is 5. The summed E-state index contributed by atoms with van der Waals surface area (Å²) in [6, 6.07) is 29.5. The topological polar surface area (TPSA) is 225 Å². The number of aromatic nitrogens is 1. The van der Waals surface area contributed by atoms with Gasteiger partial charge in [0.2, 0.25) is 31.0 Å². The predicted octanol–water partition coefficient (Wildman–Crippen LogP) is 7.16. The number of benzene rings is 4. The van der Waals surface area contributed by atoms with Gasteiger partial charge in [0.05, 0.1) is 18.0 Å². The quantitative estimate of drug-likeness (QED) is 0.0438. The van der Waals surface area contributed by atoms with Crippen LogP contribution in [0.15, 0.2) is 114 Å². The Hall–Kier alpha value is -6.41. The van der Waals surface area contributed by atoms with Crippen molar-refractivity contribution in [3.63, 3.8) is 0 Å². The SMILES string of the molecule is CNC(=O)[C@H](C)CC(=O)[C@H](Cc1ccc(O)cc1)NC(=O)C(Cc1cc(-c2ccc(-c3cccc(Cl)c3)cc2)no1)CP(=O)(O)[C@H](Cc1ccccc1)NC(=O)[C@H](C)CC(=O)[C@@H]1CCCN1C(C)=O. The van der Waals surface area contributed by atoms with E-state index in [1.54, 1.807) is 68.4 Å². The third kappa shape index (κ3) is 14.3. The Balaban J connectivity index is 1.30. The van der Waals surface area contributed by atoms with Gasteiger partial charge in [-0.1, -0.05) is 109 Å². The van der Waals surface area contributed by atoms with E-state index in [0.717, 1.165) is 11.1 Å². The Kier molecular flexibility index (Phi) is 17.9. The second-order valence-electron chi connectivity index (χ2n) is 17.9. The highest BCUT2D eigenvalue weighted by atomic mass is 35.5. The lowest BCUT2D eigenvalue weighted by Crippen LogP contribution is -2.47. The standard InChI is InChI=1S/C52H59ClN5O10P/c1-32(50(63)54-4)24-47(61)45(26-36-15-21-42(60)22-16-36)55-52(65)40(29-43-30-44(57-68-43)38-19-17-37(18-20-38)39-12-8-13-41(53)28-39)31-69(66,67)49(27-35-10-6-5-7-11-35)56-51(64)33(2)25-48(62)46-14-9-23-58(46)34(3)59/h5-8,10-13,15-22,28,30,32-33,40,45-46,49,60H,9,14,23-27,29,31H2,1-4H3,(H,54,63)(H,55,65)(H,56,64)(H,66,67)/t32-,33-,40?,45+,46+,49-/m1/s1. The van der Waals surface area contributed by atoms with Crippen molar-refractivity contribution in [1.29, 1.82) is 0 Å². The van der Waals surface area contributed by atoms with E-state index in [-0.39, 0.29) is 61.2 Å². The maximum atomic E-state index is 15.0. The summed E-state index contributed by atoms with van der Waals surface area (Å²) < 4.78 is 20.8. The zero-order chi connectivity index (χ0) is 49.8. The lowest BCUT2D eigenvalue weighted by molar-refractivity contribution is -0.137. The van der Waals surface area contributed by atoms with Gasteiger partial charge in [0.25, 0.3) is 0 Å². The van der Waals surface area contributed by atoms with Crippen molar-refractivity contribution in [3.8, 4) is 28.1 Å². The number of nitrogens with one attached hydrogen (secondary N) is 3. The number of carbonyl (C=O) groups excluding carboxylic acids is 6. The largest absolute Gasteiger partial charge is 0.508 e. The molecule has 17 heteroatoms. The summed E-state index contributed by atoms with van der Waals surface area (Å²) in [5.74, 6) is -7.03. The minimum Gasteiger partial charge on any atom is -0.508 e. The van der Waals surface area contributed by atoms with Crippen LogP contribution in [0.4, 0.5) is 0 Å². The molecule has 1 aliphatic rings. The Morgan fingerprint density at radius 2 is 1.45 bits per heavy atom. The number of carbonyl (C=O) groups is 6. The van der Waals surface area contributed by atoms with E-state index in [1.807, 2.05) is 42.5 Å². The third-order valence-electron chi connectivity index (χ3n) is 12.5. The number of Topliss-reactive ketones (excluding diaryl/α,β-unsaturated/α-hetero) is 2. The van der Waals surface area contributed by atoms with E-state index < -0.39 is 66.7 Å². The van der Waals surface area contributed by atoms with Crippen LogP contribution >= 0.6 is 19.0 Å². The number of ketones is 2. The second-order valence-corrected chi connectivity index (χ2v) is 20.8. The van der Waals surface area contributed by atoms with Gasteiger partial charge in [0.15, 0.2) is 11.6 Å². The number of hydrogen-bond acceptors (Lipinski definition) is 10. The maximum absolute atomic E-state index is 15.0. The number of likely N-dealkylation sites (tertiary alicyclic amines) is 1. The monoisotopic (exact) mass is 979 g/mol. The molecule has 2 heterocycles. The molecule has 1 saturated heterocycles. The first-order chi connectivity index (χ1) is 32.9. The van der Waals surface area contributed by atoms with E-state index in [2.05, 4.69) is 21.1 Å². The molecule has 0 saturated carbocycles. The van der Waals surface area contributed by atoms with Gasteiger partial charge < -0.3 is 35.4 Å². The molecular formula is C52H59ClN5O10P. The van der Waals surface area contributed by atoms with Gasteiger partial charge in [0, 0.05) is 80.8 Å². The highest BCUT2D eigenvalue weighted by Gasteiger charge is 2.40. The number of rotatable bonds is 22. The van der Waals surface area contributed by atoms with Crippen molar-refractivity contribution >= 4 is 54.2 Å². The fourth-order valence-electron chi connectivity index (χ4n) is 8.61. The van der Waals surface area contributed by atoms with Crippen molar-refractivity contribution < 1.29 is 47.9 Å². The highest BCUT2D eigenvalue weighted by Crippen LogP contribution is 2.49. The minimum atomic E-state index is -4.62. The van der Waals surface area contributed by atoms with Crippen LogP contribution in [0.3, 0.4) is 0 Å². The van der Waals surface area contributed by atoms with Gasteiger partial charge in [-0.25, -0.2) is 0 Å². The van der Waals surface area contributed by atoms with Crippen LogP contribution in [-0.4, -0.2) is 92.9 Å². The predicted molar refractivity (Wildman–Crippen MR) is 262 cm³/mol. The number of phenolic OH excluding ortho intramolecular Hbond substituents is 1. The first-order valence-corrected chi connectivity index (χ1v) is 25.3. The molecule has 0 bridgehead atoms. The molecular weight excluding hydrogens is 921 g/mol. The van der Waals surface area contributed by atoms with Crippen LogP contribution < -0.4 is 16.0 Å². The minimum absolute atomic E-state index is 0.00674. The summed E-state index contributed by atoms with van der Waals surface area (Å²) in [6.07, 6.45) is -0.350. The number of nitrogens with zero attached hydrogens (tertiary/aromatic N) is 2. The average Bonchev–Trinajstić information content (AvgIpc) is 4.03. The maximum Gasteiger partial charge on any atom is 0.224 e. The van der Waals surface area contributed by atoms with Crippen molar-refractivity contribution in [3.05, 3.63) is 131 Å². The molecule has 4 aromatic carbocycles. The molecule has 1 aliphatic heterocycles. The molecule has 6 rings (SSSR count). The average molecular weight is 980 g/mol. The number of phenols is 1. The Morgan fingerprint density at radius 3 is 2.12 bits per heavy atom. The summed E-state index contributed by atoms with van der Waals surface area (Å²) in [6.45, 7) is 4.97. The normalized spacial score (nSPS) is 16.6. The van der Waals surface area contributed by atoms with Gasteiger partial charge in [-0.2, -0.15) is 0 Å².